The molecule has 3 rings (SSSR count). The first-order valence-corrected chi connectivity index (χ1v) is 10.1. The third-order valence-corrected chi connectivity index (χ3v) is 4.83. The van der Waals surface area contributed by atoms with E-state index in [2.05, 4.69) is 14.8 Å². The van der Waals surface area contributed by atoms with Gasteiger partial charge in [0.15, 0.2) is 0 Å². The van der Waals surface area contributed by atoms with Crippen molar-refractivity contribution in [1.29, 1.82) is 0 Å². The van der Waals surface area contributed by atoms with E-state index in [1.807, 2.05) is 24.4 Å². The Hall–Kier alpha value is -2.48. The van der Waals surface area contributed by atoms with Gasteiger partial charge in [-0.15, -0.1) is 0 Å². The van der Waals surface area contributed by atoms with Crippen molar-refractivity contribution in [2.24, 2.45) is 0 Å². The molecule has 0 aliphatic carbocycles. The second-order valence-corrected chi connectivity index (χ2v) is 7.11. The molecule has 1 N–H and O–H groups in total. The van der Waals surface area contributed by atoms with Gasteiger partial charge >= 0.3 is 5.97 Å². The number of hydrogen-bond acceptors (Lipinski definition) is 7. The maximum absolute atomic E-state index is 11.8. The number of aromatic nitrogens is 1. The SMILES string of the molecule is CCOC(=O)c1cccc(OCC(O)CN2CCN(Cc3ccccn3)CC2)c1. The molecule has 156 valence electrons. The Bertz CT molecular complexity index is 764. The lowest BCUT2D eigenvalue weighted by atomic mass is 10.2. The van der Waals surface area contributed by atoms with Gasteiger partial charge in [0, 0.05) is 45.5 Å². The number of piperazine rings is 1. The molecule has 0 amide bonds. The van der Waals surface area contributed by atoms with E-state index in [4.69, 9.17) is 9.47 Å². The van der Waals surface area contributed by atoms with Gasteiger partial charge in [0.25, 0.3) is 0 Å². The summed E-state index contributed by atoms with van der Waals surface area (Å²) >= 11 is 0. The third-order valence-electron chi connectivity index (χ3n) is 4.83. The molecule has 7 nitrogen and oxygen atoms in total. The van der Waals surface area contributed by atoms with Crippen molar-refractivity contribution in [3.05, 3.63) is 59.9 Å². The third kappa shape index (κ3) is 6.81. The highest BCUT2D eigenvalue weighted by Gasteiger charge is 2.20. The van der Waals surface area contributed by atoms with E-state index in [0.29, 0.717) is 24.5 Å². The fourth-order valence-corrected chi connectivity index (χ4v) is 3.32. The fourth-order valence-electron chi connectivity index (χ4n) is 3.32. The van der Waals surface area contributed by atoms with Gasteiger partial charge in [-0.3, -0.25) is 14.8 Å². The summed E-state index contributed by atoms with van der Waals surface area (Å²) in [5.41, 5.74) is 1.53. The van der Waals surface area contributed by atoms with Crippen molar-refractivity contribution in [1.82, 2.24) is 14.8 Å². The second-order valence-electron chi connectivity index (χ2n) is 7.11. The molecule has 2 aromatic rings. The zero-order valence-electron chi connectivity index (χ0n) is 16.9. The van der Waals surface area contributed by atoms with Crippen LogP contribution in [0.25, 0.3) is 0 Å². The molecule has 0 spiro atoms. The van der Waals surface area contributed by atoms with Gasteiger partial charge in [-0.2, -0.15) is 0 Å². The van der Waals surface area contributed by atoms with Crippen molar-refractivity contribution in [3.8, 4) is 5.75 Å². The molecule has 0 saturated carbocycles. The Kier molecular flexibility index (Phi) is 7.98. The van der Waals surface area contributed by atoms with Crippen molar-refractivity contribution in [3.63, 3.8) is 0 Å². The molecule has 1 aliphatic heterocycles. The number of rotatable bonds is 9. The van der Waals surface area contributed by atoms with Crippen molar-refractivity contribution in [2.75, 3.05) is 45.9 Å². The summed E-state index contributed by atoms with van der Waals surface area (Å²) in [6.45, 7) is 7.42. The number of benzene rings is 1. The lowest BCUT2D eigenvalue weighted by Gasteiger charge is -2.35. The van der Waals surface area contributed by atoms with Crippen molar-refractivity contribution >= 4 is 5.97 Å². The zero-order chi connectivity index (χ0) is 20.5. The summed E-state index contributed by atoms with van der Waals surface area (Å²) in [5.74, 6) is 0.178. The maximum atomic E-state index is 11.8. The summed E-state index contributed by atoms with van der Waals surface area (Å²) in [4.78, 5) is 20.8. The van der Waals surface area contributed by atoms with Gasteiger partial charge in [-0.05, 0) is 37.3 Å². The topological polar surface area (TPSA) is 75.1 Å². The molecule has 0 bridgehead atoms. The number of esters is 1. The first kappa shape index (κ1) is 21.2. The average Bonchev–Trinajstić information content (AvgIpc) is 2.75. The van der Waals surface area contributed by atoms with E-state index >= 15 is 0 Å². The van der Waals surface area contributed by atoms with Crippen LogP contribution in [0.1, 0.15) is 23.0 Å². The number of aliphatic hydroxyl groups is 1. The molecular weight excluding hydrogens is 370 g/mol. The zero-order valence-corrected chi connectivity index (χ0v) is 16.9. The maximum Gasteiger partial charge on any atom is 0.338 e. The minimum atomic E-state index is -0.594. The summed E-state index contributed by atoms with van der Waals surface area (Å²) in [6, 6.07) is 12.8. The van der Waals surface area contributed by atoms with Gasteiger partial charge in [-0.1, -0.05) is 12.1 Å². The molecule has 2 heterocycles. The van der Waals surface area contributed by atoms with E-state index in [0.717, 1.165) is 38.4 Å². The van der Waals surface area contributed by atoms with Crippen LogP contribution in [0.2, 0.25) is 0 Å². The number of aliphatic hydroxyl groups excluding tert-OH is 1. The first-order chi connectivity index (χ1) is 14.1. The van der Waals surface area contributed by atoms with E-state index in [1.54, 1.807) is 31.2 Å². The molecule has 1 fully saturated rings. The Morgan fingerprint density at radius 2 is 1.93 bits per heavy atom. The van der Waals surface area contributed by atoms with E-state index in [1.165, 1.54) is 0 Å². The Balaban J connectivity index is 1.39. The van der Waals surface area contributed by atoms with Gasteiger partial charge in [-0.25, -0.2) is 4.79 Å². The number of carbonyl (C=O) groups is 1. The summed E-state index contributed by atoms with van der Waals surface area (Å²) in [5, 5.41) is 10.3. The number of pyridine rings is 1. The summed E-state index contributed by atoms with van der Waals surface area (Å²) in [6.07, 6.45) is 1.23. The Morgan fingerprint density at radius 3 is 2.66 bits per heavy atom. The summed E-state index contributed by atoms with van der Waals surface area (Å²) in [7, 11) is 0. The molecule has 1 aromatic heterocycles. The van der Waals surface area contributed by atoms with Gasteiger partial charge < -0.3 is 14.6 Å². The molecule has 1 aromatic carbocycles. The normalized spacial score (nSPS) is 16.3. The number of hydrogen-bond donors (Lipinski definition) is 1. The quantitative estimate of drug-likeness (QED) is 0.645. The predicted octanol–water partition coefficient (Wildman–Crippen LogP) is 1.82. The predicted molar refractivity (Wildman–Crippen MR) is 110 cm³/mol. The number of ether oxygens (including phenoxy) is 2. The van der Waals surface area contributed by atoms with Gasteiger partial charge in [0.1, 0.15) is 18.5 Å². The highest BCUT2D eigenvalue weighted by molar-refractivity contribution is 5.89. The van der Waals surface area contributed by atoms with Crippen LogP contribution in [0.3, 0.4) is 0 Å². The van der Waals surface area contributed by atoms with Crippen LogP contribution in [-0.4, -0.2) is 77.9 Å². The van der Waals surface area contributed by atoms with Crippen LogP contribution in [0.5, 0.6) is 5.75 Å². The van der Waals surface area contributed by atoms with E-state index < -0.39 is 6.10 Å². The van der Waals surface area contributed by atoms with Crippen LogP contribution in [0.4, 0.5) is 0 Å². The first-order valence-electron chi connectivity index (χ1n) is 10.1. The summed E-state index contributed by atoms with van der Waals surface area (Å²) < 4.78 is 10.7. The molecular formula is C22H29N3O4. The molecule has 1 unspecified atom stereocenters. The second kappa shape index (κ2) is 10.9. The molecule has 29 heavy (non-hydrogen) atoms. The largest absolute Gasteiger partial charge is 0.491 e. The number of β-amino-alcohol motifs (C(OH)–C–C–N with tert-alkyl or cyclic N) is 1. The lowest BCUT2D eigenvalue weighted by molar-refractivity contribution is 0.0442. The molecule has 1 atom stereocenters. The Morgan fingerprint density at radius 1 is 1.14 bits per heavy atom. The van der Waals surface area contributed by atoms with Gasteiger partial charge in [0.05, 0.1) is 17.9 Å². The van der Waals surface area contributed by atoms with Crippen LogP contribution in [0.15, 0.2) is 48.7 Å². The number of nitrogens with zero attached hydrogens (tertiary/aromatic N) is 3. The lowest BCUT2D eigenvalue weighted by Crippen LogP contribution is -2.48. The fraction of sp³-hybridized carbons (Fsp3) is 0.455. The van der Waals surface area contributed by atoms with Crippen LogP contribution >= 0.6 is 0 Å². The van der Waals surface area contributed by atoms with Crippen LogP contribution in [0, 0.1) is 0 Å². The van der Waals surface area contributed by atoms with Gasteiger partial charge in [0.2, 0.25) is 0 Å². The van der Waals surface area contributed by atoms with E-state index in [-0.39, 0.29) is 12.6 Å². The molecule has 1 saturated heterocycles. The molecule has 1 aliphatic rings. The Labute approximate surface area is 171 Å². The highest BCUT2D eigenvalue weighted by atomic mass is 16.5. The standard InChI is InChI=1S/C22H29N3O4/c1-2-28-22(27)18-6-5-8-21(14-18)29-17-20(26)16-25-12-10-24(11-13-25)15-19-7-3-4-9-23-19/h3-9,14,20,26H,2,10-13,15-17H2,1H3. The molecule has 0 radical (unpaired) electrons. The van der Waals surface area contributed by atoms with E-state index in [9.17, 15) is 9.90 Å². The minimum Gasteiger partial charge on any atom is -0.491 e. The minimum absolute atomic E-state index is 0.181. The van der Waals surface area contributed by atoms with Crippen molar-refractivity contribution < 1.29 is 19.4 Å². The smallest absolute Gasteiger partial charge is 0.338 e. The van der Waals surface area contributed by atoms with Crippen molar-refractivity contribution in [2.45, 2.75) is 19.6 Å². The van der Waals surface area contributed by atoms with Crippen LogP contribution in [-0.2, 0) is 11.3 Å². The molecule has 7 heteroatoms. The highest BCUT2D eigenvalue weighted by Crippen LogP contribution is 2.15. The monoisotopic (exact) mass is 399 g/mol. The average molecular weight is 399 g/mol. The van der Waals surface area contributed by atoms with Crippen LogP contribution < -0.4 is 4.74 Å². The number of carbonyl (C=O) groups excluding carboxylic acids is 1.